The lowest BCUT2D eigenvalue weighted by molar-refractivity contribution is 0.444. The molecule has 0 saturated heterocycles. The van der Waals surface area contributed by atoms with Crippen LogP contribution in [0.4, 0.5) is 5.82 Å². The average molecular weight is 297 g/mol. The summed E-state index contributed by atoms with van der Waals surface area (Å²) in [5.41, 5.74) is 0. The molecule has 2 unspecified atom stereocenters. The topological polar surface area (TPSA) is 62.3 Å². The van der Waals surface area contributed by atoms with Gasteiger partial charge in [-0.2, -0.15) is 0 Å². The van der Waals surface area contributed by atoms with Crippen LogP contribution in [0.5, 0.6) is 0 Å². The standard InChI is InChI=1S/C14H23N3O2S/c1-4-6-15-14-9-13(5-7-16-14)20(18,19)17(3)10-12-8-11(12)2/h5,7,9,11-12H,4,6,8,10H2,1-3H3,(H,15,16). The van der Waals surface area contributed by atoms with Crippen molar-refractivity contribution in [3.05, 3.63) is 18.3 Å². The Morgan fingerprint density at radius 2 is 2.20 bits per heavy atom. The second-order valence-corrected chi connectivity index (χ2v) is 7.61. The highest BCUT2D eigenvalue weighted by Crippen LogP contribution is 2.38. The van der Waals surface area contributed by atoms with Crippen LogP contribution in [0.3, 0.4) is 0 Å². The molecule has 0 aromatic carbocycles. The van der Waals surface area contributed by atoms with Crippen molar-refractivity contribution in [2.24, 2.45) is 11.8 Å². The van der Waals surface area contributed by atoms with Crippen molar-refractivity contribution < 1.29 is 8.42 Å². The molecule has 0 aliphatic heterocycles. The van der Waals surface area contributed by atoms with Gasteiger partial charge in [0.15, 0.2) is 0 Å². The zero-order valence-electron chi connectivity index (χ0n) is 12.3. The highest BCUT2D eigenvalue weighted by atomic mass is 32.2. The van der Waals surface area contributed by atoms with Gasteiger partial charge >= 0.3 is 0 Å². The molecule has 0 spiro atoms. The number of nitrogens with one attached hydrogen (secondary N) is 1. The summed E-state index contributed by atoms with van der Waals surface area (Å²) in [5.74, 6) is 1.77. The van der Waals surface area contributed by atoms with Crippen molar-refractivity contribution in [1.29, 1.82) is 0 Å². The lowest BCUT2D eigenvalue weighted by Gasteiger charge is -2.17. The quantitative estimate of drug-likeness (QED) is 0.838. The van der Waals surface area contributed by atoms with E-state index in [0.717, 1.165) is 19.4 Å². The van der Waals surface area contributed by atoms with E-state index in [4.69, 9.17) is 0 Å². The molecule has 6 heteroatoms. The molecule has 1 aromatic rings. The molecule has 0 bridgehead atoms. The van der Waals surface area contributed by atoms with Crippen LogP contribution in [0.2, 0.25) is 0 Å². The molecule has 112 valence electrons. The lowest BCUT2D eigenvalue weighted by Crippen LogP contribution is -2.29. The summed E-state index contributed by atoms with van der Waals surface area (Å²) in [6.07, 6.45) is 3.64. The Balaban J connectivity index is 2.11. The second kappa shape index (κ2) is 6.10. The van der Waals surface area contributed by atoms with Crippen molar-refractivity contribution in [2.45, 2.75) is 31.6 Å². The van der Waals surface area contributed by atoms with E-state index in [-0.39, 0.29) is 0 Å². The van der Waals surface area contributed by atoms with E-state index in [0.29, 0.717) is 29.1 Å². The summed E-state index contributed by atoms with van der Waals surface area (Å²) in [6.45, 7) is 5.60. The van der Waals surface area contributed by atoms with Crippen molar-refractivity contribution >= 4 is 15.8 Å². The van der Waals surface area contributed by atoms with Crippen molar-refractivity contribution in [2.75, 3.05) is 25.5 Å². The summed E-state index contributed by atoms with van der Waals surface area (Å²) in [7, 11) is -1.76. The summed E-state index contributed by atoms with van der Waals surface area (Å²) in [5, 5.41) is 3.11. The number of hydrogen-bond donors (Lipinski definition) is 1. The fourth-order valence-electron chi connectivity index (χ4n) is 2.18. The summed E-state index contributed by atoms with van der Waals surface area (Å²) >= 11 is 0. The molecule has 1 fully saturated rings. The Kier molecular flexibility index (Phi) is 4.65. The first-order valence-corrected chi connectivity index (χ1v) is 8.55. The molecule has 0 amide bonds. The largest absolute Gasteiger partial charge is 0.370 e. The van der Waals surface area contributed by atoms with E-state index < -0.39 is 10.0 Å². The fourth-order valence-corrected chi connectivity index (χ4v) is 3.42. The lowest BCUT2D eigenvalue weighted by atomic mass is 10.3. The van der Waals surface area contributed by atoms with Crippen LogP contribution in [0.25, 0.3) is 0 Å². The predicted octanol–water partition coefficient (Wildman–Crippen LogP) is 2.18. The van der Waals surface area contributed by atoms with Crippen LogP contribution in [0.1, 0.15) is 26.7 Å². The maximum Gasteiger partial charge on any atom is 0.243 e. The number of rotatable bonds is 7. The molecule has 1 heterocycles. The predicted molar refractivity (Wildman–Crippen MR) is 80.1 cm³/mol. The van der Waals surface area contributed by atoms with Gasteiger partial charge < -0.3 is 5.32 Å². The first-order chi connectivity index (χ1) is 9.45. The minimum Gasteiger partial charge on any atom is -0.370 e. The van der Waals surface area contributed by atoms with Crippen LogP contribution >= 0.6 is 0 Å². The average Bonchev–Trinajstić information content (AvgIpc) is 3.12. The molecule has 2 rings (SSSR count). The molecule has 0 radical (unpaired) electrons. The summed E-state index contributed by atoms with van der Waals surface area (Å²) in [6, 6.07) is 3.16. The van der Waals surface area contributed by atoms with Gasteiger partial charge in [0.25, 0.3) is 0 Å². The highest BCUT2D eigenvalue weighted by Gasteiger charge is 2.36. The molecule has 1 aliphatic rings. The van der Waals surface area contributed by atoms with E-state index in [2.05, 4.69) is 24.1 Å². The third kappa shape index (κ3) is 3.49. The first-order valence-electron chi connectivity index (χ1n) is 7.11. The maximum atomic E-state index is 12.5. The summed E-state index contributed by atoms with van der Waals surface area (Å²) in [4.78, 5) is 4.45. The third-order valence-corrected chi connectivity index (χ3v) is 5.58. The van der Waals surface area contributed by atoms with Gasteiger partial charge in [0.1, 0.15) is 5.82 Å². The molecule has 20 heavy (non-hydrogen) atoms. The van der Waals surface area contributed by atoms with Crippen LogP contribution in [0.15, 0.2) is 23.2 Å². The second-order valence-electron chi connectivity index (χ2n) is 5.56. The molecule has 5 nitrogen and oxygen atoms in total. The Morgan fingerprint density at radius 3 is 2.80 bits per heavy atom. The van der Waals surface area contributed by atoms with Crippen molar-refractivity contribution in [3.63, 3.8) is 0 Å². The number of sulfonamides is 1. The van der Waals surface area contributed by atoms with Gasteiger partial charge in [-0.15, -0.1) is 0 Å². The molecule has 1 aliphatic carbocycles. The molecule has 1 aromatic heterocycles. The van der Waals surface area contributed by atoms with Gasteiger partial charge in [-0.3, -0.25) is 0 Å². The van der Waals surface area contributed by atoms with E-state index >= 15 is 0 Å². The third-order valence-electron chi connectivity index (χ3n) is 3.76. The van der Waals surface area contributed by atoms with Gasteiger partial charge in [-0.05, 0) is 30.7 Å². The Morgan fingerprint density at radius 1 is 1.50 bits per heavy atom. The fraction of sp³-hybridized carbons (Fsp3) is 0.643. The summed E-state index contributed by atoms with van der Waals surface area (Å²) < 4.78 is 26.5. The van der Waals surface area contributed by atoms with Crippen LogP contribution in [0, 0.1) is 11.8 Å². The normalized spacial score (nSPS) is 22.0. The minimum absolute atomic E-state index is 0.307. The van der Waals surface area contributed by atoms with Crippen molar-refractivity contribution in [3.8, 4) is 0 Å². The molecular formula is C14H23N3O2S. The monoisotopic (exact) mass is 297 g/mol. The Bertz CT molecular complexity index is 559. The molecule has 1 saturated carbocycles. The molecular weight excluding hydrogens is 274 g/mol. The smallest absolute Gasteiger partial charge is 0.243 e. The van der Waals surface area contributed by atoms with E-state index in [1.165, 1.54) is 4.31 Å². The highest BCUT2D eigenvalue weighted by molar-refractivity contribution is 7.89. The Labute approximate surface area is 121 Å². The minimum atomic E-state index is -3.41. The molecule has 1 N–H and O–H groups in total. The van der Waals surface area contributed by atoms with Gasteiger partial charge in [-0.1, -0.05) is 13.8 Å². The molecule has 2 atom stereocenters. The van der Waals surface area contributed by atoms with Gasteiger partial charge in [0.05, 0.1) is 4.90 Å². The zero-order valence-corrected chi connectivity index (χ0v) is 13.2. The maximum absolute atomic E-state index is 12.5. The number of anilines is 1. The van der Waals surface area contributed by atoms with Crippen LogP contribution in [-0.4, -0.2) is 37.8 Å². The Hall–Kier alpha value is -1.14. The van der Waals surface area contributed by atoms with E-state index in [1.807, 2.05) is 0 Å². The van der Waals surface area contributed by atoms with E-state index in [1.54, 1.807) is 25.4 Å². The van der Waals surface area contributed by atoms with Crippen LogP contribution in [-0.2, 0) is 10.0 Å². The number of nitrogens with zero attached hydrogens (tertiary/aromatic N) is 2. The first kappa shape index (κ1) is 15.3. The van der Waals surface area contributed by atoms with Crippen molar-refractivity contribution in [1.82, 2.24) is 9.29 Å². The van der Waals surface area contributed by atoms with Gasteiger partial charge in [0.2, 0.25) is 10.0 Å². The number of hydrogen-bond acceptors (Lipinski definition) is 4. The number of aromatic nitrogens is 1. The number of pyridine rings is 1. The van der Waals surface area contributed by atoms with Crippen LogP contribution < -0.4 is 5.32 Å². The SMILES string of the molecule is CCCNc1cc(S(=O)(=O)N(C)CC2CC2C)ccn1. The van der Waals surface area contributed by atoms with Gasteiger partial charge in [0, 0.05) is 32.4 Å². The van der Waals surface area contributed by atoms with Gasteiger partial charge in [-0.25, -0.2) is 17.7 Å². The van der Waals surface area contributed by atoms with E-state index in [9.17, 15) is 8.42 Å². The zero-order chi connectivity index (χ0) is 14.8.